The standard InChI is InChI=1S/C18H13BrClN3O4/c1-27-15-5-3-2-4-14(15)23-17(25)11(16(24)22-18(23)26)9-21-10-6-7-12(19)13(20)8-10/h2-9,11H,1H3,(H,22,24,26)/t11-/m1/s1. The maximum atomic E-state index is 12.8. The van der Waals surface area contributed by atoms with Crippen LogP contribution < -0.4 is 15.0 Å². The van der Waals surface area contributed by atoms with Gasteiger partial charge in [0.05, 0.1) is 23.5 Å². The van der Waals surface area contributed by atoms with E-state index >= 15 is 0 Å². The number of carbonyl (C=O) groups is 3. The molecule has 0 saturated carbocycles. The van der Waals surface area contributed by atoms with Gasteiger partial charge in [-0.1, -0.05) is 23.7 Å². The number of carbonyl (C=O) groups excluding carboxylic acids is 3. The van der Waals surface area contributed by atoms with E-state index in [0.29, 0.717) is 20.9 Å². The van der Waals surface area contributed by atoms with Crippen LogP contribution in [0.4, 0.5) is 16.2 Å². The molecule has 0 unspecified atom stereocenters. The molecule has 2 aromatic rings. The maximum Gasteiger partial charge on any atom is 0.335 e. The number of rotatable bonds is 4. The third-order valence-electron chi connectivity index (χ3n) is 3.80. The van der Waals surface area contributed by atoms with Gasteiger partial charge in [-0.2, -0.15) is 0 Å². The zero-order chi connectivity index (χ0) is 19.6. The number of benzene rings is 2. The Kier molecular flexibility index (Phi) is 5.57. The molecular weight excluding hydrogens is 438 g/mol. The number of nitrogens with zero attached hydrogens (tertiary/aromatic N) is 2. The molecule has 1 N–H and O–H groups in total. The first-order valence-electron chi connectivity index (χ1n) is 7.73. The highest BCUT2D eigenvalue weighted by Gasteiger charge is 2.41. The summed E-state index contributed by atoms with van der Waals surface area (Å²) in [6.45, 7) is 0. The smallest absolute Gasteiger partial charge is 0.335 e. The van der Waals surface area contributed by atoms with E-state index in [-0.39, 0.29) is 5.69 Å². The molecule has 9 heteroatoms. The van der Waals surface area contributed by atoms with Crippen molar-refractivity contribution >= 4 is 63.0 Å². The molecule has 4 amide bonds. The predicted octanol–water partition coefficient (Wildman–Crippen LogP) is 3.71. The van der Waals surface area contributed by atoms with Crippen molar-refractivity contribution in [3.63, 3.8) is 0 Å². The number of amides is 4. The lowest BCUT2D eigenvalue weighted by Gasteiger charge is -2.29. The van der Waals surface area contributed by atoms with Crippen molar-refractivity contribution in [3.8, 4) is 5.75 Å². The topological polar surface area (TPSA) is 88.1 Å². The first kappa shape index (κ1) is 19.1. The summed E-state index contributed by atoms with van der Waals surface area (Å²) < 4.78 is 5.90. The molecule has 138 valence electrons. The average Bonchev–Trinajstić information content (AvgIpc) is 2.64. The Balaban J connectivity index is 1.92. The third kappa shape index (κ3) is 3.86. The first-order valence-corrected chi connectivity index (χ1v) is 8.90. The van der Waals surface area contributed by atoms with Crippen LogP contribution in [0.15, 0.2) is 51.9 Å². The lowest BCUT2D eigenvalue weighted by Crippen LogP contribution is -2.58. The van der Waals surface area contributed by atoms with E-state index in [1.165, 1.54) is 13.3 Å². The number of ether oxygens (including phenoxy) is 1. The maximum absolute atomic E-state index is 12.8. The van der Waals surface area contributed by atoms with Crippen LogP contribution in [0.1, 0.15) is 0 Å². The van der Waals surface area contributed by atoms with Crippen molar-refractivity contribution in [2.45, 2.75) is 0 Å². The summed E-state index contributed by atoms with van der Waals surface area (Å²) in [5, 5.41) is 2.60. The van der Waals surface area contributed by atoms with E-state index < -0.39 is 23.8 Å². The molecule has 3 rings (SSSR count). The molecule has 2 aromatic carbocycles. The second-order valence-corrected chi connectivity index (χ2v) is 6.76. The molecule has 0 radical (unpaired) electrons. The molecule has 0 bridgehead atoms. The fraction of sp³-hybridized carbons (Fsp3) is 0.111. The number of aliphatic imine (C=N–C) groups is 1. The number of imide groups is 2. The van der Waals surface area contributed by atoms with Gasteiger partial charge in [-0.3, -0.25) is 19.9 Å². The number of anilines is 1. The van der Waals surface area contributed by atoms with E-state index in [0.717, 1.165) is 4.90 Å². The van der Waals surface area contributed by atoms with Crippen LogP contribution >= 0.6 is 27.5 Å². The van der Waals surface area contributed by atoms with Gasteiger partial charge in [-0.05, 0) is 46.3 Å². The molecular formula is C18H13BrClN3O4. The van der Waals surface area contributed by atoms with Crippen LogP contribution in [0, 0.1) is 5.92 Å². The number of hydrogen-bond acceptors (Lipinski definition) is 5. The van der Waals surface area contributed by atoms with Gasteiger partial charge in [0.2, 0.25) is 5.91 Å². The Morgan fingerprint density at radius 3 is 2.67 bits per heavy atom. The third-order valence-corrected chi connectivity index (χ3v) is 5.04. The molecule has 0 aromatic heterocycles. The predicted molar refractivity (Wildman–Crippen MR) is 105 cm³/mol. The van der Waals surface area contributed by atoms with Crippen molar-refractivity contribution in [3.05, 3.63) is 52.0 Å². The zero-order valence-electron chi connectivity index (χ0n) is 14.0. The van der Waals surface area contributed by atoms with Crippen LogP contribution in [0.25, 0.3) is 0 Å². The van der Waals surface area contributed by atoms with Gasteiger partial charge < -0.3 is 4.74 Å². The Hall–Kier alpha value is -2.71. The molecule has 27 heavy (non-hydrogen) atoms. The Morgan fingerprint density at radius 1 is 1.22 bits per heavy atom. The highest BCUT2D eigenvalue weighted by molar-refractivity contribution is 9.10. The summed E-state index contributed by atoms with van der Waals surface area (Å²) in [5.74, 6) is -2.41. The van der Waals surface area contributed by atoms with E-state index in [2.05, 4.69) is 26.2 Å². The summed E-state index contributed by atoms with van der Waals surface area (Å²) in [6, 6.07) is 10.6. The van der Waals surface area contributed by atoms with Crippen molar-refractivity contribution < 1.29 is 19.1 Å². The van der Waals surface area contributed by atoms with Crippen molar-refractivity contribution in [2.75, 3.05) is 12.0 Å². The van der Waals surface area contributed by atoms with Crippen molar-refractivity contribution in [1.29, 1.82) is 0 Å². The van der Waals surface area contributed by atoms with Crippen molar-refractivity contribution in [2.24, 2.45) is 10.9 Å². The quantitative estimate of drug-likeness (QED) is 0.568. The molecule has 1 saturated heterocycles. The molecule has 1 aliphatic rings. The Labute approximate surface area is 168 Å². The molecule has 1 heterocycles. The summed E-state index contributed by atoms with van der Waals surface area (Å²) in [4.78, 5) is 42.2. The average molecular weight is 451 g/mol. The highest BCUT2D eigenvalue weighted by Crippen LogP contribution is 2.31. The summed E-state index contributed by atoms with van der Waals surface area (Å²) >= 11 is 9.29. The van der Waals surface area contributed by atoms with Crippen LogP contribution in [0.3, 0.4) is 0 Å². The number of methoxy groups -OCH3 is 1. The number of para-hydroxylation sites is 2. The van der Waals surface area contributed by atoms with Gasteiger partial charge in [-0.25, -0.2) is 9.69 Å². The number of urea groups is 1. The van der Waals surface area contributed by atoms with Crippen LogP contribution in [-0.2, 0) is 9.59 Å². The summed E-state index contributed by atoms with van der Waals surface area (Å²) in [6.07, 6.45) is 1.19. The minimum Gasteiger partial charge on any atom is -0.495 e. The molecule has 1 aliphatic heterocycles. The number of halogens is 2. The summed E-state index contributed by atoms with van der Waals surface area (Å²) in [5.41, 5.74) is 0.699. The molecule has 0 spiro atoms. The normalized spacial score (nSPS) is 17.4. The number of nitrogens with one attached hydrogen (secondary N) is 1. The molecule has 1 fully saturated rings. The second kappa shape index (κ2) is 7.89. The van der Waals surface area contributed by atoms with Crippen LogP contribution in [-0.4, -0.2) is 31.2 Å². The van der Waals surface area contributed by atoms with Crippen molar-refractivity contribution in [1.82, 2.24) is 5.32 Å². The van der Waals surface area contributed by atoms with Gasteiger partial charge in [0.1, 0.15) is 5.75 Å². The Bertz CT molecular complexity index is 963. The van der Waals surface area contributed by atoms with Crippen LogP contribution in [0.2, 0.25) is 5.02 Å². The first-order chi connectivity index (χ1) is 12.9. The molecule has 1 atom stereocenters. The van der Waals surface area contributed by atoms with Crippen LogP contribution in [0.5, 0.6) is 5.75 Å². The van der Waals surface area contributed by atoms with Gasteiger partial charge in [0.15, 0.2) is 5.92 Å². The molecule has 0 aliphatic carbocycles. The number of hydrogen-bond donors (Lipinski definition) is 1. The minimum absolute atomic E-state index is 0.236. The lowest BCUT2D eigenvalue weighted by atomic mass is 10.1. The van der Waals surface area contributed by atoms with E-state index in [4.69, 9.17) is 16.3 Å². The number of barbiturate groups is 1. The lowest BCUT2D eigenvalue weighted by molar-refractivity contribution is -0.131. The largest absolute Gasteiger partial charge is 0.495 e. The zero-order valence-corrected chi connectivity index (χ0v) is 16.3. The van der Waals surface area contributed by atoms with E-state index in [9.17, 15) is 14.4 Å². The Morgan fingerprint density at radius 2 is 1.96 bits per heavy atom. The monoisotopic (exact) mass is 449 g/mol. The summed E-state index contributed by atoms with van der Waals surface area (Å²) in [7, 11) is 1.42. The fourth-order valence-corrected chi connectivity index (χ4v) is 2.91. The van der Waals surface area contributed by atoms with E-state index in [1.54, 1.807) is 42.5 Å². The molecule has 7 nitrogen and oxygen atoms in total. The second-order valence-electron chi connectivity index (χ2n) is 5.49. The van der Waals surface area contributed by atoms with Gasteiger partial charge in [0.25, 0.3) is 5.91 Å². The highest BCUT2D eigenvalue weighted by atomic mass is 79.9. The fourth-order valence-electron chi connectivity index (χ4n) is 2.49. The SMILES string of the molecule is COc1ccccc1N1C(=O)NC(=O)[C@@H](C=Nc2ccc(Br)c(Cl)c2)C1=O. The van der Waals surface area contributed by atoms with Gasteiger partial charge in [0, 0.05) is 10.7 Å². The van der Waals surface area contributed by atoms with E-state index in [1.807, 2.05) is 0 Å². The van der Waals surface area contributed by atoms with Gasteiger partial charge in [-0.15, -0.1) is 0 Å². The van der Waals surface area contributed by atoms with Gasteiger partial charge >= 0.3 is 6.03 Å². The minimum atomic E-state index is -1.27.